The zero-order valence-corrected chi connectivity index (χ0v) is 15.9. The normalized spacial score (nSPS) is 14.1. The highest BCUT2D eigenvalue weighted by Crippen LogP contribution is 2.46. The summed E-state index contributed by atoms with van der Waals surface area (Å²) in [7, 11) is -1.63. The van der Waals surface area contributed by atoms with Crippen LogP contribution >= 0.6 is 0 Å². The average Bonchev–Trinajstić information content (AvgIpc) is 2.91. The van der Waals surface area contributed by atoms with Crippen molar-refractivity contribution in [3.05, 3.63) is 72.4 Å². The Hall–Kier alpha value is -1.80. The van der Waals surface area contributed by atoms with E-state index < -0.39 is 8.07 Å². The molecule has 0 saturated heterocycles. The number of aromatic nitrogens is 1. The molecule has 0 saturated carbocycles. The van der Waals surface area contributed by atoms with Gasteiger partial charge in [0.05, 0.1) is 13.7 Å². The van der Waals surface area contributed by atoms with E-state index in [1.807, 2.05) is 0 Å². The van der Waals surface area contributed by atoms with Gasteiger partial charge in [0.1, 0.15) is 0 Å². The maximum absolute atomic E-state index is 2.53. The summed E-state index contributed by atoms with van der Waals surface area (Å²) >= 11 is 0. The third-order valence-corrected chi connectivity index (χ3v) is 11.5. The highest BCUT2D eigenvalue weighted by Gasteiger charge is 2.44. The second-order valence-electron chi connectivity index (χ2n) is 8.07. The summed E-state index contributed by atoms with van der Waals surface area (Å²) in [6.07, 6.45) is 2.28. The Labute approximate surface area is 141 Å². The lowest BCUT2D eigenvalue weighted by atomic mass is 10.2. The lowest BCUT2D eigenvalue weighted by molar-refractivity contribution is 0.652. The predicted octanol–water partition coefficient (Wildman–Crippen LogP) is 6.28. The van der Waals surface area contributed by atoms with Crippen molar-refractivity contribution in [2.45, 2.75) is 44.6 Å². The van der Waals surface area contributed by atoms with Crippen molar-refractivity contribution < 1.29 is 0 Å². The second-order valence-corrected chi connectivity index (χ2v) is 13.6. The Morgan fingerprint density at radius 2 is 1.43 bits per heavy atom. The molecule has 3 rings (SSSR count). The van der Waals surface area contributed by atoms with Gasteiger partial charge in [0.2, 0.25) is 0 Å². The van der Waals surface area contributed by atoms with E-state index in [9.17, 15) is 0 Å². The molecule has 0 aliphatic heterocycles. The van der Waals surface area contributed by atoms with Crippen molar-refractivity contribution in [2.75, 3.05) is 0 Å². The molecule has 1 heterocycles. The van der Waals surface area contributed by atoms with Crippen LogP contribution in [0.25, 0.3) is 10.9 Å². The van der Waals surface area contributed by atoms with Crippen molar-refractivity contribution in [2.24, 2.45) is 0 Å². The molecule has 23 heavy (non-hydrogen) atoms. The fraction of sp³-hybridized carbons (Fsp3) is 0.333. The van der Waals surface area contributed by atoms with Gasteiger partial charge in [-0.2, -0.15) is 0 Å². The van der Waals surface area contributed by atoms with Crippen LogP contribution in [0.1, 0.15) is 32.0 Å². The van der Waals surface area contributed by atoms with Crippen LogP contribution in [0, 0.1) is 0 Å². The van der Waals surface area contributed by atoms with Crippen LogP contribution in [0.3, 0.4) is 0 Å². The maximum Gasteiger partial charge on any atom is 0.0850 e. The number of nitrogens with zero attached hydrogens (tertiary/aromatic N) is 1. The summed E-state index contributed by atoms with van der Waals surface area (Å²) in [5.74, 6) is 0. The summed E-state index contributed by atoms with van der Waals surface area (Å²) in [4.78, 5) is 0. The molecule has 1 unspecified atom stereocenters. The molecule has 1 nitrogen and oxygen atoms in total. The SMILES string of the molecule is CC(C)(C)[Si](C)(C)C(c1ccccc1)n1ccc2ccccc21. The third-order valence-electron chi connectivity index (χ3n) is 5.64. The van der Waals surface area contributed by atoms with Crippen LogP contribution in [0.15, 0.2) is 66.9 Å². The Morgan fingerprint density at radius 3 is 2.09 bits per heavy atom. The molecule has 0 amide bonds. The Bertz CT molecular complexity index is 793. The van der Waals surface area contributed by atoms with Gasteiger partial charge in [0, 0.05) is 11.7 Å². The van der Waals surface area contributed by atoms with Crippen molar-refractivity contribution >= 4 is 19.0 Å². The molecular formula is C21H27NSi. The summed E-state index contributed by atoms with van der Waals surface area (Å²) in [5.41, 5.74) is 3.20. The van der Waals surface area contributed by atoms with Gasteiger partial charge >= 0.3 is 0 Å². The smallest absolute Gasteiger partial charge is 0.0850 e. The van der Waals surface area contributed by atoms with Gasteiger partial charge in [-0.25, -0.2) is 0 Å². The first kappa shape index (κ1) is 16.1. The van der Waals surface area contributed by atoms with Gasteiger partial charge < -0.3 is 4.57 Å². The number of rotatable bonds is 3. The Balaban J connectivity index is 2.25. The number of fused-ring (bicyclic) bond motifs is 1. The van der Waals surface area contributed by atoms with Crippen molar-refractivity contribution in [3.8, 4) is 0 Å². The minimum atomic E-state index is -1.63. The summed E-state index contributed by atoms with van der Waals surface area (Å²) < 4.78 is 2.52. The lowest BCUT2D eigenvalue weighted by Gasteiger charge is -2.44. The van der Waals surface area contributed by atoms with Crippen molar-refractivity contribution in [1.29, 1.82) is 0 Å². The van der Waals surface area contributed by atoms with Gasteiger partial charge in [-0.1, -0.05) is 82.4 Å². The molecule has 120 valence electrons. The van der Waals surface area contributed by atoms with E-state index >= 15 is 0 Å². The molecule has 0 N–H and O–H groups in total. The molecule has 0 spiro atoms. The molecule has 0 aliphatic carbocycles. The Kier molecular flexibility index (Phi) is 3.97. The van der Waals surface area contributed by atoms with E-state index in [-0.39, 0.29) is 0 Å². The largest absolute Gasteiger partial charge is 0.343 e. The number of hydrogen-bond acceptors (Lipinski definition) is 0. The highest BCUT2D eigenvalue weighted by atomic mass is 28.3. The molecule has 1 atom stereocenters. The van der Waals surface area contributed by atoms with E-state index in [2.05, 4.69) is 105 Å². The molecule has 2 aromatic carbocycles. The van der Waals surface area contributed by atoms with Crippen LogP contribution in [0.4, 0.5) is 0 Å². The fourth-order valence-corrected chi connectivity index (χ4v) is 6.07. The number of hydrogen-bond donors (Lipinski definition) is 0. The fourth-order valence-electron chi connectivity index (χ4n) is 3.30. The first-order valence-corrected chi connectivity index (χ1v) is 11.5. The van der Waals surface area contributed by atoms with Crippen LogP contribution in [0.2, 0.25) is 18.1 Å². The van der Waals surface area contributed by atoms with Gasteiger partial charge in [-0.3, -0.25) is 0 Å². The van der Waals surface area contributed by atoms with Crippen LogP contribution < -0.4 is 0 Å². The van der Waals surface area contributed by atoms with Gasteiger partial charge in [0.25, 0.3) is 0 Å². The molecule has 0 aliphatic rings. The maximum atomic E-state index is 2.53. The summed E-state index contributed by atoms with van der Waals surface area (Å²) in [6.45, 7) is 12.3. The van der Waals surface area contributed by atoms with Crippen LogP contribution in [0.5, 0.6) is 0 Å². The summed E-state index contributed by atoms with van der Waals surface area (Å²) in [5, 5.41) is 1.64. The minimum Gasteiger partial charge on any atom is -0.343 e. The zero-order chi connectivity index (χ0) is 16.7. The topological polar surface area (TPSA) is 4.93 Å². The molecule has 1 aromatic heterocycles. The monoisotopic (exact) mass is 321 g/mol. The number of para-hydroxylation sites is 1. The van der Waals surface area contributed by atoms with Crippen molar-refractivity contribution in [1.82, 2.24) is 4.57 Å². The lowest BCUT2D eigenvalue weighted by Crippen LogP contribution is -2.46. The first-order valence-electron chi connectivity index (χ1n) is 8.43. The van der Waals surface area contributed by atoms with Gasteiger partial charge in [-0.05, 0) is 28.1 Å². The Morgan fingerprint density at radius 1 is 0.826 bits per heavy atom. The first-order chi connectivity index (χ1) is 10.8. The van der Waals surface area contributed by atoms with Crippen molar-refractivity contribution in [3.63, 3.8) is 0 Å². The van der Waals surface area contributed by atoms with Gasteiger partial charge in [-0.15, -0.1) is 0 Å². The molecule has 2 heteroatoms. The molecular weight excluding hydrogens is 294 g/mol. The predicted molar refractivity (Wildman–Crippen MR) is 104 cm³/mol. The van der Waals surface area contributed by atoms with Gasteiger partial charge in [0.15, 0.2) is 0 Å². The van der Waals surface area contributed by atoms with Crippen LogP contribution in [-0.2, 0) is 0 Å². The minimum absolute atomic E-state index is 0.318. The summed E-state index contributed by atoms with van der Waals surface area (Å²) in [6, 6.07) is 22.0. The second kappa shape index (κ2) is 5.68. The molecule has 0 radical (unpaired) electrons. The van der Waals surface area contributed by atoms with E-state index in [1.54, 1.807) is 0 Å². The highest BCUT2D eigenvalue weighted by molar-refractivity contribution is 6.81. The van der Waals surface area contributed by atoms with E-state index in [1.165, 1.54) is 16.5 Å². The van der Waals surface area contributed by atoms with E-state index in [0.29, 0.717) is 10.7 Å². The quantitative estimate of drug-likeness (QED) is 0.500. The molecule has 0 bridgehead atoms. The average molecular weight is 322 g/mol. The van der Waals surface area contributed by atoms with E-state index in [0.717, 1.165) is 0 Å². The zero-order valence-electron chi connectivity index (χ0n) is 14.9. The third kappa shape index (κ3) is 2.76. The molecule has 0 fully saturated rings. The van der Waals surface area contributed by atoms with Crippen LogP contribution in [-0.4, -0.2) is 12.6 Å². The molecule has 3 aromatic rings. The van der Waals surface area contributed by atoms with E-state index in [4.69, 9.17) is 0 Å². The standard InChI is InChI=1S/C21H27NSi/c1-21(2,3)23(4,5)20(18-12-7-6-8-13-18)22-16-15-17-11-9-10-14-19(17)22/h6-16,20H,1-5H3. The number of benzene rings is 2.